The van der Waals surface area contributed by atoms with Crippen molar-refractivity contribution in [3.05, 3.63) is 23.8 Å². The normalized spacial score (nSPS) is 10.8. The summed E-state index contributed by atoms with van der Waals surface area (Å²) >= 11 is 0. The Kier molecular flexibility index (Phi) is 4.76. The molecule has 1 aromatic rings. The molecule has 0 spiro atoms. The number of nitrogens with zero attached hydrogens (tertiary/aromatic N) is 1. The van der Waals surface area contributed by atoms with E-state index in [1.165, 1.54) is 18.2 Å². The van der Waals surface area contributed by atoms with Gasteiger partial charge in [0, 0.05) is 11.8 Å². The minimum Gasteiger partial charge on any atom is -0.493 e. The van der Waals surface area contributed by atoms with Gasteiger partial charge in [-0.25, -0.2) is 4.79 Å². The second-order valence-corrected chi connectivity index (χ2v) is 5.01. The first kappa shape index (κ1) is 14.8. The smallest absolute Gasteiger partial charge is 0.339 e. The van der Waals surface area contributed by atoms with Gasteiger partial charge in [0.25, 0.3) is 0 Å². The summed E-state index contributed by atoms with van der Waals surface area (Å²) in [7, 11) is 0. The molecule has 0 fully saturated rings. The molecule has 1 rings (SSSR count). The Morgan fingerprint density at radius 3 is 2.79 bits per heavy atom. The fraction of sp³-hybridized carbons (Fsp3) is 0.429. The summed E-state index contributed by atoms with van der Waals surface area (Å²) in [5, 5.41) is 17.9. The quantitative estimate of drug-likeness (QED) is 0.607. The van der Waals surface area contributed by atoms with Gasteiger partial charge in [0.05, 0.1) is 18.1 Å². The van der Waals surface area contributed by atoms with Gasteiger partial charge in [0.2, 0.25) is 0 Å². The third kappa shape index (κ3) is 4.51. The predicted octanol–water partition coefficient (Wildman–Crippen LogP) is 2.68. The van der Waals surface area contributed by atoms with E-state index in [4.69, 9.17) is 20.8 Å². The number of rotatable bonds is 6. The number of hydrogen-bond donors (Lipinski definition) is 2. The molecule has 0 saturated carbocycles. The summed E-state index contributed by atoms with van der Waals surface area (Å²) in [4.78, 5) is 11.0. The first-order chi connectivity index (χ1) is 8.85. The Hall–Kier alpha value is -2.22. The first-order valence-corrected chi connectivity index (χ1v) is 6.02. The van der Waals surface area contributed by atoms with Crippen LogP contribution >= 0.6 is 0 Å². The lowest BCUT2D eigenvalue weighted by atomic mass is 9.90. The molecule has 0 heterocycles. The molecular weight excluding hydrogens is 244 g/mol. The van der Waals surface area contributed by atoms with Gasteiger partial charge in [-0.1, -0.05) is 0 Å². The molecule has 0 radical (unpaired) electrons. The lowest BCUT2D eigenvalue weighted by Gasteiger charge is -2.15. The third-order valence-electron chi connectivity index (χ3n) is 2.74. The summed E-state index contributed by atoms with van der Waals surface area (Å²) in [5.41, 5.74) is 5.76. The highest BCUT2D eigenvalue weighted by molar-refractivity contribution is 5.91. The summed E-state index contributed by atoms with van der Waals surface area (Å²) in [6.07, 6.45) is 1.36. The zero-order valence-corrected chi connectivity index (χ0v) is 11.1. The molecule has 0 amide bonds. The Morgan fingerprint density at radius 2 is 2.21 bits per heavy atom. The largest absolute Gasteiger partial charge is 0.493 e. The maximum absolute atomic E-state index is 11.0. The average molecular weight is 262 g/mol. The number of nitrogens with two attached hydrogens (primary N) is 1. The lowest BCUT2D eigenvalue weighted by molar-refractivity contribution is 0.0692. The topological polar surface area (TPSA) is 96.3 Å². The Balaban J connectivity index is 2.61. The molecular formula is C14H18N2O3. The zero-order chi connectivity index (χ0) is 14.5. The summed E-state index contributed by atoms with van der Waals surface area (Å²) < 4.78 is 5.45. The summed E-state index contributed by atoms with van der Waals surface area (Å²) in [6.45, 7) is 4.07. The first-order valence-electron chi connectivity index (χ1n) is 6.02. The van der Waals surface area contributed by atoms with Crippen LogP contribution in [0.3, 0.4) is 0 Å². The number of nitriles is 1. The summed E-state index contributed by atoms with van der Waals surface area (Å²) in [5.74, 6) is -0.783. The number of carboxylic acid groups (broad SMARTS) is 1. The van der Waals surface area contributed by atoms with Gasteiger partial charge >= 0.3 is 5.97 Å². The lowest BCUT2D eigenvalue weighted by Crippen LogP contribution is -2.11. The molecule has 0 aliphatic heterocycles. The predicted molar refractivity (Wildman–Crippen MR) is 71.9 cm³/mol. The van der Waals surface area contributed by atoms with Crippen LogP contribution in [0, 0.1) is 16.7 Å². The molecule has 102 valence electrons. The van der Waals surface area contributed by atoms with Crippen LogP contribution in [0.1, 0.15) is 37.0 Å². The van der Waals surface area contributed by atoms with Crippen LogP contribution in [0.4, 0.5) is 5.69 Å². The number of aromatic carboxylic acids is 1. The van der Waals surface area contributed by atoms with Crippen molar-refractivity contribution < 1.29 is 14.6 Å². The molecule has 19 heavy (non-hydrogen) atoms. The number of anilines is 1. The van der Waals surface area contributed by atoms with E-state index >= 15 is 0 Å². The van der Waals surface area contributed by atoms with E-state index in [0.29, 0.717) is 25.1 Å². The fourth-order valence-electron chi connectivity index (χ4n) is 1.59. The number of benzene rings is 1. The molecule has 5 nitrogen and oxygen atoms in total. The number of carboxylic acids is 1. The minimum atomic E-state index is -1.05. The van der Waals surface area contributed by atoms with E-state index in [2.05, 4.69) is 6.07 Å². The Labute approximate surface area is 112 Å². The van der Waals surface area contributed by atoms with Crippen molar-refractivity contribution >= 4 is 11.7 Å². The van der Waals surface area contributed by atoms with Crippen LogP contribution in [-0.4, -0.2) is 17.7 Å². The van der Waals surface area contributed by atoms with Crippen molar-refractivity contribution in [2.75, 3.05) is 12.3 Å². The van der Waals surface area contributed by atoms with Gasteiger partial charge in [-0.3, -0.25) is 0 Å². The molecule has 0 atom stereocenters. The highest BCUT2D eigenvalue weighted by Gasteiger charge is 2.16. The van der Waals surface area contributed by atoms with Gasteiger partial charge in [-0.05, 0) is 38.8 Å². The zero-order valence-electron chi connectivity index (χ0n) is 11.1. The number of hydrogen-bond acceptors (Lipinski definition) is 4. The maximum Gasteiger partial charge on any atom is 0.339 e. The Bertz CT molecular complexity index is 504. The molecule has 0 aliphatic carbocycles. The van der Waals surface area contributed by atoms with Gasteiger partial charge in [0.1, 0.15) is 11.3 Å². The van der Waals surface area contributed by atoms with E-state index in [0.717, 1.165) is 0 Å². The van der Waals surface area contributed by atoms with E-state index in [-0.39, 0.29) is 11.3 Å². The van der Waals surface area contributed by atoms with Crippen LogP contribution in [0.15, 0.2) is 18.2 Å². The van der Waals surface area contributed by atoms with E-state index in [9.17, 15) is 4.79 Å². The second kappa shape index (κ2) is 6.10. The monoisotopic (exact) mass is 262 g/mol. The standard InChI is InChI=1S/C14H18N2O3/c1-14(2,9-15)6-3-7-19-12-8-10(16)4-5-11(12)13(17)18/h4-5,8H,3,6-7,16H2,1-2H3,(H,17,18). The van der Waals surface area contributed by atoms with E-state index in [1.54, 1.807) is 0 Å². The van der Waals surface area contributed by atoms with Gasteiger partial charge in [0.15, 0.2) is 0 Å². The fourth-order valence-corrected chi connectivity index (χ4v) is 1.59. The van der Waals surface area contributed by atoms with E-state index in [1.807, 2.05) is 13.8 Å². The SMILES string of the molecule is CC(C)(C#N)CCCOc1cc(N)ccc1C(=O)O. The Morgan fingerprint density at radius 1 is 1.53 bits per heavy atom. The number of ether oxygens (including phenoxy) is 1. The minimum absolute atomic E-state index is 0.0914. The van der Waals surface area contributed by atoms with Crippen molar-refractivity contribution in [2.45, 2.75) is 26.7 Å². The van der Waals surface area contributed by atoms with Gasteiger partial charge in [-0.15, -0.1) is 0 Å². The molecule has 0 aromatic heterocycles. The average Bonchev–Trinajstić information content (AvgIpc) is 2.34. The van der Waals surface area contributed by atoms with Crippen LogP contribution in [0.2, 0.25) is 0 Å². The second-order valence-electron chi connectivity index (χ2n) is 5.01. The highest BCUT2D eigenvalue weighted by Crippen LogP contribution is 2.24. The summed E-state index contributed by atoms with van der Waals surface area (Å²) in [6, 6.07) is 6.65. The molecule has 5 heteroatoms. The van der Waals surface area contributed by atoms with Gasteiger partial charge < -0.3 is 15.6 Å². The molecule has 0 aliphatic rings. The van der Waals surface area contributed by atoms with Crippen LogP contribution < -0.4 is 10.5 Å². The van der Waals surface area contributed by atoms with Crippen LogP contribution in [0.25, 0.3) is 0 Å². The van der Waals surface area contributed by atoms with Crippen LogP contribution in [-0.2, 0) is 0 Å². The van der Waals surface area contributed by atoms with Crippen molar-refractivity contribution in [2.24, 2.45) is 5.41 Å². The van der Waals surface area contributed by atoms with Crippen molar-refractivity contribution in [1.82, 2.24) is 0 Å². The molecule has 1 aromatic carbocycles. The van der Waals surface area contributed by atoms with Crippen molar-refractivity contribution in [1.29, 1.82) is 5.26 Å². The molecule has 0 unspecified atom stereocenters. The van der Waals surface area contributed by atoms with Crippen molar-refractivity contribution in [3.8, 4) is 11.8 Å². The van der Waals surface area contributed by atoms with Crippen molar-refractivity contribution in [3.63, 3.8) is 0 Å². The number of nitrogen functional groups attached to an aromatic ring is 1. The number of carbonyl (C=O) groups is 1. The molecule has 3 N–H and O–H groups in total. The maximum atomic E-state index is 11.0. The highest BCUT2D eigenvalue weighted by atomic mass is 16.5. The third-order valence-corrected chi connectivity index (χ3v) is 2.74. The molecule has 0 bridgehead atoms. The van der Waals surface area contributed by atoms with Gasteiger partial charge in [-0.2, -0.15) is 5.26 Å². The van der Waals surface area contributed by atoms with Crippen LogP contribution in [0.5, 0.6) is 5.75 Å². The van der Waals surface area contributed by atoms with E-state index < -0.39 is 11.4 Å². The molecule has 0 saturated heterocycles.